The van der Waals surface area contributed by atoms with Crippen LogP contribution in [-0.2, 0) is 9.47 Å². The molecule has 1 unspecified atom stereocenters. The molecule has 1 aromatic carbocycles. The minimum atomic E-state index is -0.464. The molecule has 0 saturated carbocycles. The van der Waals surface area contributed by atoms with Gasteiger partial charge in [0.1, 0.15) is 5.75 Å². The number of carbonyl (C=O) groups is 1. The van der Waals surface area contributed by atoms with Crippen molar-refractivity contribution >= 4 is 11.7 Å². The van der Waals surface area contributed by atoms with Crippen LogP contribution in [0.25, 0.3) is 0 Å². The molecule has 5 nitrogen and oxygen atoms in total. The Kier molecular flexibility index (Phi) is 3.19. The number of nitrogens with two attached hydrogens (primary N) is 1. The van der Waals surface area contributed by atoms with Crippen molar-refractivity contribution in [3.8, 4) is 5.75 Å². The average Bonchev–Trinajstić information content (AvgIpc) is 2.38. The first-order chi connectivity index (χ1) is 8.19. The van der Waals surface area contributed by atoms with Gasteiger partial charge in [-0.25, -0.2) is 4.79 Å². The fourth-order valence-electron chi connectivity index (χ4n) is 1.99. The number of ether oxygens (including phenoxy) is 3. The van der Waals surface area contributed by atoms with E-state index in [1.54, 1.807) is 19.2 Å². The maximum Gasteiger partial charge on any atom is 0.340 e. The number of esters is 1. The molecule has 17 heavy (non-hydrogen) atoms. The fourth-order valence-corrected chi connectivity index (χ4v) is 1.99. The Morgan fingerprint density at radius 2 is 2.24 bits per heavy atom. The molecule has 0 fully saturated rings. The summed E-state index contributed by atoms with van der Waals surface area (Å²) >= 11 is 0. The lowest BCUT2D eigenvalue weighted by atomic mass is 9.99. The minimum absolute atomic E-state index is 0.0345. The highest BCUT2D eigenvalue weighted by molar-refractivity contribution is 5.97. The van der Waals surface area contributed by atoms with Gasteiger partial charge in [-0.05, 0) is 6.07 Å². The van der Waals surface area contributed by atoms with Crippen molar-refractivity contribution in [2.75, 3.05) is 26.6 Å². The first-order valence-corrected chi connectivity index (χ1v) is 5.35. The molecular weight excluding hydrogens is 222 g/mol. The smallest absolute Gasteiger partial charge is 0.340 e. The first kappa shape index (κ1) is 11.7. The number of hydrogen-bond donors (Lipinski definition) is 1. The number of carbonyl (C=O) groups excluding carboxylic acids is 1. The van der Waals surface area contributed by atoms with Crippen molar-refractivity contribution in [1.82, 2.24) is 0 Å². The van der Waals surface area contributed by atoms with Crippen LogP contribution in [0.1, 0.15) is 28.4 Å². The lowest BCUT2D eigenvalue weighted by molar-refractivity contribution is 0.0589. The van der Waals surface area contributed by atoms with Crippen LogP contribution in [0, 0.1) is 0 Å². The second kappa shape index (κ2) is 4.63. The minimum Gasteiger partial charge on any atom is -0.491 e. The predicted molar refractivity (Wildman–Crippen MR) is 62.1 cm³/mol. The number of nitrogen functional groups attached to an aromatic ring is 1. The molecule has 0 aliphatic carbocycles. The van der Waals surface area contributed by atoms with Gasteiger partial charge in [0.15, 0.2) is 0 Å². The molecule has 0 radical (unpaired) electrons. The Morgan fingerprint density at radius 3 is 2.88 bits per heavy atom. The van der Waals surface area contributed by atoms with Gasteiger partial charge in [-0.1, -0.05) is 6.07 Å². The lowest BCUT2D eigenvalue weighted by Gasteiger charge is -2.26. The van der Waals surface area contributed by atoms with E-state index in [4.69, 9.17) is 15.2 Å². The molecule has 0 amide bonds. The first-order valence-electron chi connectivity index (χ1n) is 5.35. The average molecular weight is 237 g/mol. The van der Waals surface area contributed by atoms with Gasteiger partial charge >= 0.3 is 5.97 Å². The van der Waals surface area contributed by atoms with E-state index in [1.165, 1.54) is 7.11 Å². The Morgan fingerprint density at radius 1 is 1.47 bits per heavy atom. The third-order valence-electron chi connectivity index (χ3n) is 2.89. The lowest BCUT2D eigenvalue weighted by Crippen LogP contribution is -2.18. The maximum atomic E-state index is 11.5. The van der Waals surface area contributed by atoms with Gasteiger partial charge in [0, 0.05) is 19.1 Å². The summed E-state index contributed by atoms with van der Waals surface area (Å²) in [7, 11) is 2.96. The number of benzene rings is 1. The SMILES string of the molecule is COC(=O)c1ccc2c(c1N)OCCC2OC. The number of fused-ring (bicyclic) bond motifs is 1. The van der Waals surface area contributed by atoms with Gasteiger partial charge in [-0.2, -0.15) is 0 Å². The number of anilines is 1. The second-order valence-corrected chi connectivity index (χ2v) is 3.80. The van der Waals surface area contributed by atoms with E-state index >= 15 is 0 Å². The number of methoxy groups -OCH3 is 2. The topological polar surface area (TPSA) is 70.8 Å². The molecule has 5 heteroatoms. The van der Waals surface area contributed by atoms with Crippen molar-refractivity contribution in [2.24, 2.45) is 0 Å². The van der Waals surface area contributed by atoms with E-state index in [0.717, 1.165) is 12.0 Å². The number of hydrogen-bond acceptors (Lipinski definition) is 5. The fraction of sp³-hybridized carbons (Fsp3) is 0.417. The molecular formula is C12H15NO4. The summed E-state index contributed by atoms with van der Waals surface area (Å²) in [6, 6.07) is 3.44. The third-order valence-corrected chi connectivity index (χ3v) is 2.89. The van der Waals surface area contributed by atoms with Gasteiger partial charge in [-0.3, -0.25) is 0 Å². The zero-order valence-electron chi connectivity index (χ0n) is 9.86. The molecule has 0 bridgehead atoms. The molecule has 1 heterocycles. The molecule has 1 atom stereocenters. The Labute approximate surface area is 99.5 Å². The summed E-state index contributed by atoms with van der Waals surface area (Å²) in [6.07, 6.45) is 0.744. The van der Waals surface area contributed by atoms with Crippen molar-refractivity contribution in [1.29, 1.82) is 0 Å². The quantitative estimate of drug-likeness (QED) is 0.623. The molecule has 1 aliphatic rings. The van der Waals surface area contributed by atoms with Gasteiger partial charge in [0.25, 0.3) is 0 Å². The van der Waals surface area contributed by atoms with E-state index < -0.39 is 5.97 Å². The Bertz CT molecular complexity index is 444. The monoisotopic (exact) mass is 237 g/mol. The highest BCUT2D eigenvalue weighted by atomic mass is 16.5. The third kappa shape index (κ3) is 1.93. The molecule has 1 aliphatic heterocycles. The van der Waals surface area contributed by atoms with Crippen molar-refractivity contribution in [3.63, 3.8) is 0 Å². The van der Waals surface area contributed by atoms with Gasteiger partial charge in [0.2, 0.25) is 0 Å². The van der Waals surface area contributed by atoms with Crippen molar-refractivity contribution in [3.05, 3.63) is 23.3 Å². The molecule has 92 valence electrons. The molecule has 0 spiro atoms. The van der Waals surface area contributed by atoms with Gasteiger partial charge in [-0.15, -0.1) is 0 Å². The van der Waals surface area contributed by atoms with Crippen LogP contribution < -0.4 is 10.5 Å². The van der Waals surface area contributed by atoms with Crippen LogP contribution in [-0.4, -0.2) is 26.8 Å². The zero-order chi connectivity index (χ0) is 12.4. The molecule has 0 saturated heterocycles. The largest absolute Gasteiger partial charge is 0.491 e. The van der Waals surface area contributed by atoms with Crippen LogP contribution in [0.5, 0.6) is 5.75 Å². The van der Waals surface area contributed by atoms with Crippen LogP contribution in [0.4, 0.5) is 5.69 Å². The van der Waals surface area contributed by atoms with Crippen LogP contribution in [0.2, 0.25) is 0 Å². The predicted octanol–water partition coefficient (Wildman–Crippen LogP) is 1.53. The van der Waals surface area contributed by atoms with E-state index in [1.807, 2.05) is 0 Å². The van der Waals surface area contributed by atoms with Crippen LogP contribution in [0.3, 0.4) is 0 Å². The van der Waals surface area contributed by atoms with Crippen molar-refractivity contribution < 1.29 is 19.0 Å². The molecule has 0 aromatic heterocycles. The highest BCUT2D eigenvalue weighted by Gasteiger charge is 2.26. The molecule has 2 N–H and O–H groups in total. The summed E-state index contributed by atoms with van der Waals surface area (Å²) < 4.78 is 15.5. The van der Waals surface area contributed by atoms with E-state index in [-0.39, 0.29) is 6.10 Å². The van der Waals surface area contributed by atoms with Crippen LogP contribution >= 0.6 is 0 Å². The summed E-state index contributed by atoms with van der Waals surface area (Å²) in [5.74, 6) is 0.0689. The highest BCUT2D eigenvalue weighted by Crippen LogP contribution is 2.39. The standard InChI is InChI=1S/C12H15NO4/c1-15-9-5-6-17-11-7(9)3-4-8(10(11)13)12(14)16-2/h3-4,9H,5-6,13H2,1-2H3. The summed E-state index contributed by atoms with van der Waals surface area (Å²) in [4.78, 5) is 11.5. The Hall–Kier alpha value is -1.75. The van der Waals surface area contributed by atoms with Gasteiger partial charge < -0.3 is 19.9 Å². The summed E-state index contributed by atoms with van der Waals surface area (Å²) in [6.45, 7) is 0.528. The molecule has 1 aromatic rings. The Balaban J connectivity index is 2.48. The summed E-state index contributed by atoms with van der Waals surface area (Å²) in [5, 5.41) is 0. The van der Waals surface area contributed by atoms with E-state index in [0.29, 0.717) is 23.6 Å². The summed E-state index contributed by atoms with van der Waals surface area (Å²) in [5.41, 5.74) is 7.43. The zero-order valence-corrected chi connectivity index (χ0v) is 9.86. The van der Waals surface area contributed by atoms with Gasteiger partial charge in [0.05, 0.1) is 31.1 Å². The van der Waals surface area contributed by atoms with E-state index in [2.05, 4.69) is 4.74 Å². The molecule has 2 rings (SSSR count). The van der Waals surface area contributed by atoms with E-state index in [9.17, 15) is 4.79 Å². The number of rotatable bonds is 2. The normalized spacial score (nSPS) is 18.1. The second-order valence-electron chi connectivity index (χ2n) is 3.80. The van der Waals surface area contributed by atoms with Crippen molar-refractivity contribution in [2.45, 2.75) is 12.5 Å². The maximum absolute atomic E-state index is 11.5. The van der Waals surface area contributed by atoms with Crippen LogP contribution in [0.15, 0.2) is 12.1 Å².